The summed E-state index contributed by atoms with van der Waals surface area (Å²) >= 11 is 0. The van der Waals surface area contributed by atoms with Crippen molar-refractivity contribution in [3.63, 3.8) is 0 Å². The predicted molar refractivity (Wildman–Crippen MR) is 79.9 cm³/mol. The van der Waals surface area contributed by atoms with Gasteiger partial charge in [0.25, 0.3) is 0 Å². The van der Waals surface area contributed by atoms with E-state index in [0.717, 1.165) is 31.4 Å². The van der Waals surface area contributed by atoms with Gasteiger partial charge in [-0.15, -0.1) is 0 Å². The van der Waals surface area contributed by atoms with Crippen LogP contribution >= 0.6 is 0 Å². The number of esters is 1. The molecule has 0 heterocycles. The number of hydrogen-bond acceptors (Lipinski definition) is 5. The second kappa shape index (κ2) is 4.54. The maximum absolute atomic E-state index is 12.3. The van der Waals surface area contributed by atoms with E-state index in [1.54, 1.807) is 0 Å². The Bertz CT molecular complexity index is 615. The molecule has 0 amide bonds. The summed E-state index contributed by atoms with van der Waals surface area (Å²) in [7, 11) is 0. The van der Waals surface area contributed by atoms with E-state index >= 15 is 0 Å². The molecule has 1 aromatic rings. The molecule has 0 aromatic heterocycles. The van der Waals surface area contributed by atoms with Crippen LogP contribution in [0.4, 0.5) is 0 Å². The molecule has 5 nitrogen and oxygen atoms in total. The molecule has 22 heavy (non-hydrogen) atoms. The molecular weight excluding hydrogens is 284 g/mol. The zero-order valence-corrected chi connectivity index (χ0v) is 13.1. The molecule has 2 fully saturated rings. The first-order valence-corrected chi connectivity index (χ1v) is 7.68. The highest BCUT2D eigenvalue weighted by Crippen LogP contribution is 2.71. The maximum Gasteiger partial charge on any atom is 0.338 e. The van der Waals surface area contributed by atoms with Crippen LogP contribution in [0.5, 0.6) is 17.2 Å². The first kappa shape index (κ1) is 15.0. The van der Waals surface area contributed by atoms with Crippen LogP contribution in [0.15, 0.2) is 12.1 Å². The lowest BCUT2D eigenvalue weighted by Crippen LogP contribution is -2.32. The van der Waals surface area contributed by atoms with Crippen molar-refractivity contribution in [3.05, 3.63) is 17.7 Å². The lowest BCUT2D eigenvalue weighted by molar-refractivity contribution is -0.0178. The molecule has 2 aliphatic carbocycles. The Labute approximate surface area is 129 Å². The minimum Gasteiger partial charge on any atom is -0.504 e. The van der Waals surface area contributed by atoms with E-state index in [2.05, 4.69) is 13.8 Å². The number of benzene rings is 1. The zero-order chi connectivity index (χ0) is 16.3. The van der Waals surface area contributed by atoms with E-state index in [0.29, 0.717) is 17.3 Å². The molecular formula is C17H22O5. The smallest absolute Gasteiger partial charge is 0.338 e. The van der Waals surface area contributed by atoms with Gasteiger partial charge in [-0.05, 0) is 49.7 Å². The molecule has 3 unspecified atom stereocenters. The van der Waals surface area contributed by atoms with Gasteiger partial charge in [-0.3, -0.25) is 0 Å². The predicted octanol–water partition coefficient (Wildman–Crippen LogP) is 3.18. The fourth-order valence-electron chi connectivity index (χ4n) is 4.12. The third-order valence-corrected chi connectivity index (χ3v) is 5.72. The SMILES string of the molecule is CC(C)C12CCC(C)(OC(=O)c3cc(O)c(O)c(O)c3)C1C2. The second-order valence-electron chi connectivity index (χ2n) is 7.21. The first-order valence-electron chi connectivity index (χ1n) is 7.68. The van der Waals surface area contributed by atoms with Gasteiger partial charge in [-0.25, -0.2) is 4.79 Å². The van der Waals surface area contributed by atoms with Crippen molar-refractivity contribution < 1.29 is 24.9 Å². The Balaban J connectivity index is 1.79. The molecule has 0 saturated heterocycles. The van der Waals surface area contributed by atoms with Gasteiger partial charge in [0.15, 0.2) is 17.2 Å². The standard InChI is InChI=1S/C17H22O5/c1-9(2)17-5-4-16(3,13(17)8-17)22-15(21)10-6-11(18)14(20)12(19)7-10/h6-7,9,13,18-20H,4-5,8H2,1-3H3. The van der Waals surface area contributed by atoms with Crippen LogP contribution in [0, 0.1) is 17.3 Å². The van der Waals surface area contributed by atoms with E-state index in [4.69, 9.17) is 4.74 Å². The van der Waals surface area contributed by atoms with E-state index in [9.17, 15) is 20.1 Å². The zero-order valence-electron chi connectivity index (χ0n) is 13.1. The fourth-order valence-corrected chi connectivity index (χ4v) is 4.12. The van der Waals surface area contributed by atoms with Crippen LogP contribution in [-0.2, 0) is 4.74 Å². The summed E-state index contributed by atoms with van der Waals surface area (Å²) in [6.07, 6.45) is 2.98. The Morgan fingerprint density at radius 2 is 1.82 bits per heavy atom. The van der Waals surface area contributed by atoms with Crippen molar-refractivity contribution >= 4 is 5.97 Å². The molecule has 0 bridgehead atoms. The summed E-state index contributed by atoms with van der Waals surface area (Å²) < 4.78 is 5.72. The lowest BCUT2D eigenvalue weighted by Gasteiger charge is -2.26. The molecule has 3 N–H and O–H groups in total. The maximum atomic E-state index is 12.3. The van der Waals surface area contributed by atoms with Crippen molar-refractivity contribution in [2.45, 2.75) is 45.6 Å². The van der Waals surface area contributed by atoms with Gasteiger partial charge >= 0.3 is 5.97 Å². The second-order valence-corrected chi connectivity index (χ2v) is 7.21. The number of carbonyl (C=O) groups is 1. The van der Waals surface area contributed by atoms with Crippen molar-refractivity contribution in [1.29, 1.82) is 0 Å². The van der Waals surface area contributed by atoms with E-state index in [-0.39, 0.29) is 5.56 Å². The van der Waals surface area contributed by atoms with Crippen molar-refractivity contribution in [3.8, 4) is 17.2 Å². The molecule has 3 rings (SSSR count). The Morgan fingerprint density at radius 3 is 2.27 bits per heavy atom. The van der Waals surface area contributed by atoms with Crippen molar-refractivity contribution in [1.82, 2.24) is 0 Å². The van der Waals surface area contributed by atoms with Gasteiger partial charge in [0, 0.05) is 5.92 Å². The number of fused-ring (bicyclic) bond motifs is 1. The van der Waals surface area contributed by atoms with Crippen LogP contribution in [0.3, 0.4) is 0 Å². The average Bonchev–Trinajstić information content (AvgIpc) is 3.13. The van der Waals surface area contributed by atoms with Crippen LogP contribution in [-0.4, -0.2) is 26.9 Å². The van der Waals surface area contributed by atoms with E-state index in [1.807, 2.05) is 6.92 Å². The largest absolute Gasteiger partial charge is 0.504 e. The van der Waals surface area contributed by atoms with E-state index in [1.165, 1.54) is 0 Å². The molecule has 3 atom stereocenters. The number of phenols is 3. The quantitative estimate of drug-likeness (QED) is 0.590. The Hall–Kier alpha value is -1.91. The topological polar surface area (TPSA) is 87.0 Å². The van der Waals surface area contributed by atoms with Crippen LogP contribution in [0.1, 0.15) is 50.4 Å². The minimum atomic E-state index is -0.635. The van der Waals surface area contributed by atoms with Crippen LogP contribution < -0.4 is 0 Å². The van der Waals surface area contributed by atoms with Crippen LogP contribution in [0.2, 0.25) is 0 Å². The summed E-state index contributed by atoms with van der Waals surface area (Å²) in [5.74, 6) is -1.34. The number of hydrogen-bond donors (Lipinski definition) is 3. The average molecular weight is 306 g/mol. The summed E-state index contributed by atoms with van der Waals surface area (Å²) in [6, 6.07) is 2.22. The third kappa shape index (κ3) is 2.02. The minimum absolute atomic E-state index is 0.0386. The monoisotopic (exact) mass is 306 g/mol. The highest BCUT2D eigenvalue weighted by Gasteiger charge is 2.69. The van der Waals surface area contributed by atoms with Crippen molar-refractivity contribution in [2.24, 2.45) is 17.3 Å². The molecule has 0 aliphatic heterocycles. The molecule has 5 heteroatoms. The first-order chi connectivity index (χ1) is 10.2. The van der Waals surface area contributed by atoms with Gasteiger partial charge < -0.3 is 20.1 Å². The van der Waals surface area contributed by atoms with Gasteiger partial charge in [-0.1, -0.05) is 13.8 Å². The Morgan fingerprint density at radius 1 is 1.23 bits per heavy atom. The molecule has 0 radical (unpaired) electrons. The summed E-state index contributed by atoms with van der Waals surface area (Å²) in [4.78, 5) is 12.3. The number of rotatable bonds is 3. The summed E-state index contributed by atoms with van der Waals surface area (Å²) in [6.45, 7) is 6.39. The fraction of sp³-hybridized carbons (Fsp3) is 0.588. The Kier molecular flexibility index (Phi) is 3.10. The highest BCUT2D eigenvalue weighted by atomic mass is 16.6. The number of aromatic hydroxyl groups is 3. The van der Waals surface area contributed by atoms with Crippen molar-refractivity contribution in [2.75, 3.05) is 0 Å². The number of phenolic OH excluding ortho intramolecular Hbond substituents is 3. The van der Waals surface area contributed by atoms with E-state index < -0.39 is 28.8 Å². The van der Waals surface area contributed by atoms with Gasteiger partial charge in [-0.2, -0.15) is 0 Å². The molecule has 2 saturated carbocycles. The number of carbonyl (C=O) groups excluding carboxylic acids is 1. The van der Waals surface area contributed by atoms with Gasteiger partial charge in [0.1, 0.15) is 5.60 Å². The summed E-state index contributed by atoms with van der Waals surface area (Å²) in [5, 5.41) is 28.4. The molecule has 0 spiro atoms. The normalized spacial score (nSPS) is 32.8. The highest BCUT2D eigenvalue weighted by molar-refractivity contribution is 5.91. The molecule has 120 valence electrons. The third-order valence-electron chi connectivity index (χ3n) is 5.72. The van der Waals surface area contributed by atoms with Gasteiger partial charge in [0.05, 0.1) is 5.56 Å². The van der Waals surface area contributed by atoms with Gasteiger partial charge in [0.2, 0.25) is 0 Å². The molecule has 1 aromatic carbocycles. The summed E-state index contributed by atoms with van der Waals surface area (Å²) in [5.41, 5.74) is -0.157. The molecule has 2 aliphatic rings. The lowest BCUT2D eigenvalue weighted by atomic mass is 9.90. The van der Waals surface area contributed by atoms with Crippen LogP contribution in [0.25, 0.3) is 0 Å². The number of ether oxygens (including phenoxy) is 1.